The lowest BCUT2D eigenvalue weighted by Crippen LogP contribution is -1.84. The molecule has 3 nitrogen and oxygen atoms in total. The third-order valence-electron chi connectivity index (χ3n) is 0.967. The molecule has 0 aliphatic heterocycles. The summed E-state index contributed by atoms with van der Waals surface area (Å²) in [7, 11) is 0. The Labute approximate surface area is 53.6 Å². The van der Waals surface area contributed by atoms with E-state index in [-0.39, 0.29) is 7.11 Å². The second kappa shape index (κ2) is 2.26. The molecule has 0 atom stereocenters. The van der Waals surface area contributed by atoms with Gasteiger partial charge in [-0.1, -0.05) is 18.2 Å². The summed E-state index contributed by atoms with van der Waals surface area (Å²) in [4.78, 5) is 9.59. The van der Waals surface area contributed by atoms with Gasteiger partial charge in [0.15, 0.2) is 0 Å². The lowest BCUT2D eigenvalue weighted by atomic mass is 10.3. The van der Waals surface area contributed by atoms with Crippen LogP contribution in [0.2, 0.25) is 0 Å². The first-order valence-electron chi connectivity index (χ1n) is 2.50. The van der Waals surface area contributed by atoms with Crippen molar-refractivity contribution >= 4 is 5.69 Å². The number of benzene rings is 1. The normalized spacial score (nSPS) is 8.89. The molecule has 0 amide bonds. The van der Waals surface area contributed by atoms with Crippen molar-refractivity contribution in [1.82, 2.24) is 0 Å². The van der Waals surface area contributed by atoms with Crippen molar-refractivity contribution in [2.24, 2.45) is 0 Å². The van der Waals surface area contributed by atoms with Crippen LogP contribution >= 0.6 is 0 Å². The van der Waals surface area contributed by atoms with Gasteiger partial charge in [0.2, 0.25) is 0 Å². The number of nitrogens with zero attached hydrogens (tertiary/aromatic N) is 1. The zero-order chi connectivity index (χ0) is 6.69. The minimum atomic E-state index is -0.417. The molecule has 0 aliphatic carbocycles. The fourth-order valence-corrected chi connectivity index (χ4v) is 0.550. The summed E-state index contributed by atoms with van der Waals surface area (Å²) >= 11 is 0. The van der Waals surface area contributed by atoms with Gasteiger partial charge in [0.05, 0.1) is 4.92 Å². The highest BCUT2D eigenvalue weighted by molar-refractivity contribution is 5.27. The standard InChI is InChI=1S/C6H5NO2.H/c8-7(9)6-4-2-1-3-5-6;/h1-5H;. The van der Waals surface area contributed by atoms with Crippen LogP contribution in [-0.4, -0.2) is 4.92 Å². The van der Waals surface area contributed by atoms with Crippen molar-refractivity contribution in [2.45, 2.75) is 0 Å². The number of nitro groups is 1. The maximum atomic E-state index is 10.0. The Bertz CT molecular complexity index is 212. The molecule has 0 saturated heterocycles. The Morgan fingerprint density at radius 3 is 2.22 bits per heavy atom. The van der Waals surface area contributed by atoms with Gasteiger partial charge in [-0.05, 0) is 0 Å². The van der Waals surface area contributed by atoms with Crippen molar-refractivity contribution in [3.8, 4) is 0 Å². The maximum Gasteiger partial charge on any atom is 0.269 e. The van der Waals surface area contributed by atoms with Gasteiger partial charge in [-0.2, -0.15) is 0 Å². The highest BCUT2D eigenvalue weighted by Gasteiger charge is 1.98. The zero-order valence-corrected chi connectivity index (χ0v) is 4.65. The van der Waals surface area contributed by atoms with E-state index in [1.54, 1.807) is 18.2 Å². The Balaban J connectivity index is 0.000000810. The number of hydrogen-bond donors (Lipinski definition) is 0. The quantitative estimate of drug-likeness (QED) is 0.422. The summed E-state index contributed by atoms with van der Waals surface area (Å²) in [5.74, 6) is 0. The van der Waals surface area contributed by atoms with Crippen LogP contribution in [0.15, 0.2) is 30.3 Å². The maximum absolute atomic E-state index is 10.0. The minimum absolute atomic E-state index is 0. The number of para-hydroxylation sites is 1. The Morgan fingerprint density at radius 2 is 1.89 bits per heavy atom. The van der Waals surface area contributed by atoms with Gasteiger partial charge >= 0.3 is 0 Å². The Morgan fingerprint density at radius 1 is 1.33 bits per heavy atom. The first kappa shape index (κ1) is 5.75. The van der Waals surface area contributed by atoms with Gasteiger partial charge in [-0.25, -0.2) is 0 Å². The third-order valence-corrected chi connectivity index (χ3v) is 0.967. The van der Waals surface area contributed by atoms with Gasteiger partial charge in [-0.15, -0.1) is 0 Å². The van der Waals surface area contributed by atoms with E-state index in [0.29, 0.717) is 0 Å². The van der Waals surface area contributed by atoms with Crippen molar-refractivity contribution in [2.75, 3.05) is 0 Å². The molecule has 0 heterocycles. The van der Waals surface area contributed by atoms with Gasteiger partial charge < -0.3 is 0 Å². The molecule has 0 fully saturated rings. The van der Waals surface area contributed by atoms with E-state index in [2.05, 4.69) is 0 Å². The van der Waals surface area contributed by atoms with Gasteiger partial charge in [0.1, 0.15) is 0 Å². The van der Waals surface area contributed by atoms with Crippen LogP contribution in [0.3, 0.4) is 0 Å². The van der Waals surface area contributed by atoms with Gasteiger partial charge in [-0.3, -0.25) is 10.1 Å². The number of non-ortho nitro benzene ring substituents is 1. The smallest absolute Gasteiger partial charge is 0.258 e. The summed E-state index contributed by atoms with van der Waals surface area (Å²) < 4.78 is 0. The molecule has 0 saturated carbocycles. The van der Waals surface area contributed by atoms with E-state index in [0.717, 1.165) is 0 Å². The van der Waals surface area contributed by atoms with Crippen LogP contribution in [0.5, 0.6) is 0 Å². The van der Waals surface area contributed by atoms with Crippen LogP contribution < -0.4 is 0 Å². The number of nitro benzene ring substituents is 1. The highest BCUT2D eigenvalue weighted by Crippen LogP contribution is 2.06. The third kappa shape index (κ3) is 1.25. The molecular weight excluding hydrogens is 118 g/mol. The monoisotopic (exact) mass is 124 g/mol. The van der Waals surface area contributed by atoms with Crippen LogP contribution in [0.1, 0.15) is 1.43 Å². The van der Waals surface area contributed by atoms with Gasteiger partial charge in [0.25, 0.3) is 5.69 Å². The molecule has 3 heteroatoms. The number of hydrogen-bond acceptors (Lipinski definition) is 2. The lowest BCUT2D eigenvalue weighted by molar-refractivity contribution is -0.384. The molecule has 9 heavy (non-hydrogen) atoms. The molecule has 1 aromatic rings. The predicted octanol–water partition coefficient (Wildman–Crippen LogP) is 1.71. The summed E-state index contributed by atoms with van der Waals surface area (Å²) in [5, 5.41) is 10.0. The molecule has 1 rings (SSSR count). The second-order valence-corrected chi connectivity index (χ2v) is 1.59. The van der Waals surface area contributed by atoms with E-state index >= 15 is 0 Å². The fourth-order valence-electron chi connectivity index (χ4n) is 0.550. The molecule has 1 radical (unpaired) electrons. The molecule has 0 spiro atoms. The van der Waals surface area contributed by atoms with E-state index in [4.69, 9.17) is 0 Å². The molecule has 47 valence electrons. The topological polar surface area (TPSA) is 43.1 Å². The molecule has 0 bridgehead atoms. The van der Waals surface area contributed by atoms with E-state index in [1.807, 2.05) is 0 Å². The average molecular weight is 124 g/mol. The SMILES string of the molecule is O=[N+]([O-])c1ccccc1.[H]. The van der Waals surface area contributed by atoms with Crippen molar-refractivity contribution in [3.05, 3.63) is 40.4 Å². The molecule has 0 aliphatic rings. The van der Waals surface area contributed by atoms with Gasteiger partial charge in [0, 0.05) is 13.6 Å². The van der Waals surface area contributed by atoms with Crippen LogP contribution in [-0.2, 0) is 0 Å². The summed E-state index contributed by atoms with van der Waals surface area (Å²) in [6, 6.07) is 7.93. The molecular formula is C6H6NO2. The van der Waals surface area contributed by atoms with Crippen molar-refractivity contribution < 1.29 is 6.35 Å². The predicted molar refractivity (Wildman–Crippen MR) is 34.2 cm³/mol. The fraction of sp³-hybridized carbons (Fsp3) is 0. The zero-order valence-electron chi connectivity index (χ0n) is 5.65. The first-order chi connectivity index (χ1) is 4.30. The van der Waals surface area contributed by atoms with E-state index in [9.17, 15) is 10.1 Å². The molecule has 1 aromatic carbocycles. The number of rotatable bonds is 1. The highest BCUT2D eigenvalue weighted by atomic mass is 16.6. The Kier molecular flexibility index (Phi) is 1.44. The summed E-state index contributed by atoms with van der Waals surface area (Å²) in [5.41, 5.74) is 0.137. The Hall–Kier alpha value is -1.38. The largest absolute Gasteiger partial charge is 0.269 e. The first-order valence-corrected chi connectivity index (χ1v) is 2.50. The lowest BCUT2D eigenvalue weighted by Gasteiger charge is -1.85. The molecule has 0 N–H and O–H groups in total. The summed E-state index contributed by atoms with van der Waals surface area (Å²) in [6.07, 6.45) is 0. The average Bonchev–Trinajstić information content (AvgIpc) is 1.90. The van der Waals surface area contributed by atoms with Crippen LogP contribution in [0.4, 0.5) is 5.69 Å². The van der Waals surface area contributed by atoms with E-state index in [1.165, 1.54) is 12.1 Å². The second-order valence-electron chi connectivity index (χ2n) is 1.59. The minimum Gasteiger partial charge on any atom is -0.258 e. The molecule has 0 aromatic heterocycles. The van der Waals surface area contributed by atoms with Crippen LogP contribution in [0, 0.1) is 10.1 Å². The molecule has 0 unspecified atom stereocenters. The summed E-state index contributed by atoms with van der Waals surface area (Å²) in [6.45, 7) is 0. The van der Waals surface area contributed by atoms with Crippen molar-refractivity contribution in [1.29, 1.82) is 0 Å². The van der Waals surface area contributed by atoms with Crippen molar-refractivity contribution in [3.63, 3.8) is 0 Å². The van der Waals surface area contributed by atoms with Crippen LogP contribution in [0.25, 0.3) is 0 Å². The van der Waals surface area contributed by atoms with E-state index < -0.39 is 4.92 Å².